The smallest absolute Gasteiger partial charge is 0.322 e. The van der Waals surface area contributed by atoms with Gasteiger partial charge in [-0.15, -0.1) is 0 Å². The fourth-order valence-electron chi connectivity index (χ4n) is 1.31. The minimum absolute atomic E-state index is 0.0330. The van der Waals surface area contributed by atoms with Crippen LogP contribution in [0.15, 0.2) is 0 Å². The molecule has 5 N–H and O–H groups in total. The van der Waals surface area contributed by atoms with E-state index in [9.17, 15) is 0 Å². The van der Waals surface area contributed by atoms with Gasteiger partial charge in [0.2, 0.25) is 11.9 Å². The number of nitrogens with two attached hydrogens (primary N) is 1. The van der Waals surface area contributed by atoms with Gasteiger partial charge in [-0.2, -0.15) is 15.0 Å². The Kier molecular flexibility index (Phi) is 6.05. The number of anilines is 2. The monoisotopic (exact) mass is 258 g/mol. The number of nitrogens with zero attached hydrogens (tertiary/aromatic N) is 3. The van der Waals surface area contributed by atoms with Crippen LogP contribution in [-0.2, 0) is 4.74 Å². The van der Waals surface area contributed by atoms with Gasteiger partial charge in [-0.1, -0.05) is 0 Å². The lowest BCUT2D eigenvalue weighted by Crippen LogP contribution is -2.27. The molecular weight excluding hydrogens is 240 g/mol. The van der Waals surface area contributed by atoms with Gasteiger partial charge in [0.05, 0.1) is 19.8 Å². The summed E-state index contributed by atoms with van der Waals surface area (Å²) in [7, 11) is 3.02. The van der Waals surface area contributed by atoms with Crippen molar-refractivity contribution in [3.05, 3.63) is 0 Å². The van der Waals surface area contributed by atoms with E-state index < -0.39 is 0 Å². The average Bonchev–Trinajstić information content (AvgIpc) is 2.38. The van der Waals surface area contributed by atoms with Crippen LogP contribution in [0, 0.1) is 0 Å². The van der Waals surface area contributed by atoms with Crippen molar-refractivity contribution >= 4 is 11.9 Å². The maximum atomic E-state index is 8.94. The first-order valence-corrected chi connectivity index (χ1v) is 5.36. The van der Waals surface area contributed by atoms with E-state index in [1.807, 2.05) is 0 Å². The van der Waals surface area contributed by atoms with Crippen LogP contribution in [0.4, 0.5) is 11.9 Å². The number of aromatic nitrogens is 3. The molecule has 1 unspecified atom stereocenters. The summed E-state index contributed by atoms with van der Waals surface area (Å²) in [6, 6.07) is 0.0262. The molecule has 0 aliphatic rings. The number of rotatable bonds is 8. The van der Waals surface area contributed by atoms with Crippen molar-refractivity contribution in [2.75, 3.05) is 38.2 Å². The zero-order chi connectivity index (χ0) is 13.4. The maximum Gasteiger partial charge on any atom is 0.322 e. The molecule has 102 valence electrons. The van der Waals surface area contributed by atoms with E-state index in [4.69, 9.17) is 20.4 Å². The van der Waals surface area contributed by atoms with E-state index in [0.717, 1.165) is 0 Å². The lowest BCUT2D eigenvalue weighted by molar-refractivity contribution is 0.170. The predicted molar refractivity (Wildman–Crippen MR) is 65.2 cm³/mol. The van der Waals surface area contributed by atoms with Gasteiger partial charge in [-0.05, 0) is 6.42 Å². The number of nitrogen functional groups attached to an aromatic ring is 1. The SMILES string of the molecule is COCC(CCO)Nc1nc(NN)nc(OC)n1. The van der Waals surface area contributed by atoms with Gasteiger partial charge in [0.15, 0.2) is 0 Å². The van der Waals surface area contributed by atoms with Gasteiger partial charge in [0, 0.05) is 13.7 Å². The molecule has 0 aromatic carbocycles. The van der Waals surface area contributed by atoms with Crippen LogP contribution in [0.2, 0.25) is 0 Å². The Bertz CT molecular complexity index is 336. The van der Waals surface area contributed by atoms with Gasteiger partial charge < -0.3 is 19.9 Å². The minimum Gasteiger partial charge on any atom is -0.467 e. The summed E-state index contributed by atoms with van der Waals surface area (Å²) in [5.74, 6) is 5.72. The van der Waals surface area contributed by atoms with E-state index in [1.165, 1.54) is 7.11 Å². The minimum atomic E-state index is -0.113. The molecule has 0 fully saturated rings. The van der Waals surface area contributed by atoms with Crippen molar-refractivity contribution in [1.29, 1.82) is 0 Å². The van der Waals surface area contributed by atoms with Gasteiger partial charge in [-0.25, -0.2) is 5.84 Å². The summed E-state index contributed by atoms with van der Waals surface area (Å²) in [4.78, 5) is 11.9. The molecule has 0 saturated carbocycles. The topological polar surface area (TPSA) is 127 Å². The molecule has 9 heteroatoms. The van der Waals surface area contributed by atoms with Gasteiger partial charge in [0.1, 0.15) is 0 Å². The average molecular weight is 258 g/mol. The van der Waals surface area contributed by atoms with Gasteiger partial charge in [0.25, 0.3) is 0 Å². The van der Waals surface area contributed by atoms with Crippen molar-refractivity contribution in [2.24, 2.45) is 5.84 Å². The predicted octanol–water partition coefficient (Wildman–Crippen LogP) is -1.02. The largest absolute Gasteiger partial charge is 0.467 e. The van der Waals surface area contributed by atoms with E-state index in [2.05, 4.69) is 25.7 Å². The summed E-state index contributed by atoms with van der Waals surface area (Å²) in [5.41, 5.74) is 2.32. The van der Waals surface area contributed by atoms with Crippen LogP contribution in [0.3, 0.4) is 0 Å². The lowest BCUT2D eigenvalue weighted by atomic mass is 10.2. The normalized spacial score (nSPS) is 12.0. The third kappa shape index (κ3) is 4.28. The third-order valence-electron chi connectivity index (χ3n) is 2.11. The molecule has 0 spiro atoms. The quantitative estimate of drug-likeness (QED) is 0.342. The van der Waals surface area contributed by atoms with E-state index in [-0.39, 0.29) is 24.6 Å². The highest BCUT2D eigenvalue weighted by molar-refractivity contribution is 5.35. The molecule has 0 bridgehead atoms. The summed E-state index contributed by atoms with van der Waals surface area (Å²) in [6.45, 7) is 0.450. The van der Waals surface area contributed by atoms with Crippen molar-refractivity contribution in [2.45, 2.75) is 12.5 Å². The Balaban J connectivity index is 2.80. The molecule has 0 radical (unpaired) electrons. The number of ether oxygens (including phenoxy) is 2. The Labute approximate surface area is 105 Å². The number of hydrogen-bond acceptors (Lipinski definition) is 9. The number of nitrogens with one attached hydrogen (secondary N) is 2. The van der Waals surface area contributed by atoms with Gasteiger partial charge in [-0.3, -0.25) is 5.43 Å². The summed E-state index contributed by atoms with van der Waals surface area (Å²) >= 11 is 0. The summed E-state index contributed by atoms with van der Waals surface area (Å²) < 4.78 is 9.95. The van der Waals surface area contributed by atoms with Crippen molar-refractivity contribution in [3.8, 4) is 6.01 Å². The molecule has 1 aromatic heterocycles. The summed E-state index contributed by atoms with van der Waals surface area (Å²) in [5, 5.41) is 11.9. The molecule has 0 saturated heterocycles. The van der Waals surface area contributed by atoms with Crippen LogP contribution < -0.4 is 21.3 Å². The first-order chi connectivity index (χ1) is 8.73. The molecule has 1 heterocycles. The van der Waals surface area contributed by atoms with E-state index in [0.29, 0.717) is 19.0 Å². The number of aliphatic hydroxyl groups is 1. The number of hydrazine groups is 1. The number of methoxy groups -OCH3 is 2. The fourth-order valence-corrected chi connectivity index (χ4v) is 1.31. The Morgan fingerprint density at radius 2 is 2.00 bits per heavy atom. The van der Waals surface area contributed by atoms with Crippen molar-refractivity contribution in [3.63, 3.8) is 0 Å². The molecule has 1 rings (SSSR count). The van der Waals surface area contributed by atoms with Gasteiger partial charge >= 0.3 is 6.01 Å². The van der Waals surface area contributed by atoms with Crippen LogP contribution >= 0.6 is 0 Å². The molecule has 0 amide bonds. The standard InChI is InChI=1S/C9H18N6O3/c1-17-5-6(3-4-16)11-7-12-8(15-10)14-9(13-7)18-2/h6,16H,3-5,10H2,1-2H3,(H2,11,12,13,14,15). The fraction of sp³-hybridized carbons (Fsp3) is 0.667. The first kappa shape index (κ1) is 14.4. The Morgan fingerprint density at radius 1 is 1.28 bits per heavy atom. The third-order valence-corrected chi connectivity index (χ3v) is 2.11. The zero-order valence-electron chi connectivity index (χ0n) is 10.4. The number of aliphatic hydroxyl groups excluding tert-OH is 1. The Morgan fingerprint density at radius 3 is 2.56 bits per heavy atom. The van der Waals surface area contributed by atoms with E-state index in [1.54, 1.807) is 7.11 Å². The van der Waals surface area contributed by atoms with Crippen LogP contribution in [0.1, 0.15) is 6.42 Å². The second-order valence-electron chi connectivity index (χ2n) is 3.42. The molecule has 1 aromatic rings. The molecule has 0 aliphatic carbocycles. The molecular formula is C9H18N6O3. The molecule has 1 atom stereocenters. The number of hydrogen-bond donors (Lipinski definition) is 4. The highest BCUT2D eigenvalue weighted by Crippen LogP contribution is 2.11. The highest BCUT2D eigenvalue weighted by atomic mass is 16.5. The van der Waals surface area contributed by atoms with E-state index >= 15 is 0 Å². The highest BCUT2D eigenvalue weighted by Gasteiger charge is 2.12. The van der Waals surface area contributed by atoms with Crippen molar-refractivity contribution < 1.29 is 14.6 Å². The zero-order valence-corrected chi connectivity index (χ0v) is 10.4. The van der Waals surface area contributed by atoms with Crippen LogP contribution in [0.25, 0.3) is 0 Å². The molecule has 18 heavy (non-hydrogen) atoms. The van der Waals surface area contributed by atoms with Crippen LogP contribution in [-0.4, -0.2) is 53.5 Å². The van der Waals surface area contributed by atoms with Crippen molar-refractivity contribution in [1.82, 2.24) is 15.0 Å². The second kappa shape index (κ2) is 7.58. The second-order valence-corrected chi connectivity index (χ2v) is 3.42. The molecule has 9 nitrogen and oxygen atoms in total. The first-order valence-electron chi connectivity index (χ1n) is 5.36. The molecule has 0 aliphatic heterocycles. The Hall–Kier alpha value is -1.71. The lowest BCUT2D eigenvalue weighted by Gasteiger charge is -2.17. The summed E-state index contributed by atoms with van der Waals surface area (Å²) in [6.07, 6.45) is 0.507. The maximum absolute atomic E-state index is 8.94. The van der Waals surface area contributed by atoms with Crippen LogP contribution in [0.5, 0.6) is 6.01 Å².